The van der Waals surface area contributed by atoms with Crippen LogP contribution in [0.25, 0.3) is 5.65 Å². The molecule has 2 amide bonds. The molecular formula is C10H11N5O. The third kappa shape index (κ3) is 1.39. The molecule has 16 heavy (non-hydrogen) atoms. The van der Waals surface area contributed by atoms with Gasteiger partial charge in [0.2, 0.25) is 0 Å². The third-order valence-corrected chi connectivity index (χ3v) is 2.67. The summed E-state index contributed by atoms with van der Waals surface area (Å²) in [7, 11) is 0. The smallest absolute Gasteiger partial charge is 0.316 e. The summed E-state index contributed by atoms with van der Waals surface area (Å²) in [5.41, 5.74) is 7.57. The molecule has 82 valence electrons. The largest absolute Gasteiger partial charge is 0.351 e. The van der Waals surface area contributed by atoms with Gasteiger partial charge in [-0.15, -0.1) is 0 Å². The molecule has 0 aliphatic heterocycles. The summed E-state index contributed by atoms with van der Waals surface area (Å²) < 4.78 is 1.77. The number of hydrogen-bond acceptors (Lipinski definition) is 3. The zero-order chi connectivity index (χ0) is 11.1. The number of carbonyl (C=O) groups is 1. The van der Waals surface area contributed by atoms with Gasteiger partial charge < -0.3 is 11.1 Å². The molecule has 2 heterocycles. The Balaban J connectivity index is 2.18. The Morgan fingerprint density at radius 2 is 2.38 bits per heavy atom. The monoisotopic (exact) mass is 217 g/mol. The maximum Gasteiger partial charge on any atom is 0.316 e. The molecule has 1 saturated carbocycles. The number of hydrogen-bond donors (Lipinski definition) is 2. The summed E-state index contributed by atoms with van der Waals surface area (Å²) >= 11 is 0. The number of fused-ring (bicyclic) bond motifs is 1. The lowest BCUT2D eigenvalue weighted by Crippen LogP contribution is -2.21. The molecule has 1 aliphatic carbocycles. The molecule has 2 aromatic heterocycles. The highest BCUT2D eigenvalue weighted by atomic mass is 16.2. The first-order chi connectivity index (χ1) is 7.75. The van der Waals surface area contributed by atoms with E-state index in [0.29, 0.717) is 11.6 Å². The number of anilines is 1. The van der Waals surface area contributed by atoms with Crippen LogP contribution in [0.3, 0.4) is 0 Å². The molecule has 3 N–H and O–H groups in total. The van der Waals surface area contributed by atoms with Crippen molar-refractivity contribution in [2.24, 2.45) is 5.73 Å². The van der Waals surface area contributed by atoms with Crippen molar-refractivity contribution in [2.45, 2.75) is 18.8 Å². The van der Waals surface area contributed by atoms with Crippen molar-refractivity contribution < 1.29 is 4.79 Å². The first-order valence-corrected chi connectivity index (χ1v) is 5.15. The Hall–Kier alpha value is -2.11. The van der Waals surface area contributed by atoms with Gasteiger partial charge in [0.05, 0.1) is 23.8 Å². The molecule has 1 aliphatic rings. The molecule has 0 radical (unpaired) electrons. The first kappa shape index (κ1) is 9.14. The standard InChI is InChI=1S/C10H11N5O/c11-10(16)14-7-5-12-8-3-4-13-15(8)9(7)6-1-2-6/h3-6H,1-2H2,(H3,11,14,16). The fourth-order valence-electron chi connectivity index (χ4n) is 1.87. The van der Waals surface area contributed by atoms with Crippen LogP contribution in [0.1, 0.15) is 24.5 Å². The zero-order valence-corrected chi connectivity index (χ0v) is 8.55. The number of nitrogens with zero attached hydrogens (tertiary/aromatic N) is 3. The van der Waals surface area contributed by atoms with Gasteiger partial charge in [-0.2, -0.15) is 5.10 Å². The molecule has 6 heteroatoms. The van der Waals surface area contributed by atoms with Crippen LogP contribution in [0.15, 0.2) is 18.5 Å². The SMILES string of the molecule is NC(=O)Nc1cnc2ccnn2c1C1CC1. The number of rotatable bonds is 2. The van der Waals surface area contributed by atoms with Crippen LogP contribution < -0.4 is 11.1 Å². The van der Waals surface area contributed by atoms with Crippen LogP contribution >= 0.6 is 0 Å². The van der Waals surface area contributed by atoms with Gasteiger partial charge in [-0.1, -0.05) is 0 Å². The van der Waals surface area contributed by atoms with E-state index in [2.05, 4.69) is 15.4 Å². The van der Waals surface area contributed by atoms with Gasteiger partial charge in [-0.3, -0.25) is 0 Å². The van der Waals surface area contributed by atoms with Crippen molar-refractivity contribution in [3.05, 3.63) is 24.2 Å². The Labute approximate surface area is 91.5 Å². The highest BCUT2D eigenvalue weighted by Gasteiger charge is 2.29. The van der Waals surface area contributed by atoms with Crippen molar-refractivity contribution in [1.29, 1.82) is 0 Å². The minimum absolute atomic E-state index is 0.451. The number of nitrogens with two attached hydrogens (primary N) is 1. The van der Waals surface area contributed by atoms with Gasteiger partial charge in [0.25, 0.3) is 0 Å². The quantitative estimate of drug-likeness (QED) is 0.789. The van der Waals surface area contributed by atoms with E-state index in [1.54, 1.807) is 16.9 Å². The van der Waals surface area contributed by atoms with Crippen LogP contribution in [0.2, 0.25) is 0 Å². The molecule has 0 saturated heterocycles. The topological polar surface area (TPSA) is 85.3 Å². The van der Waals surface area contributed by atoms with Crippen LogP contribution in [-0.4, -0.2) is 20.6 Å². The summed E-state index contributed by atoms with van der Waals surface area (Å²) in [6, 6.07) is 1.26. The van der Waals surface area contributed by atoms with Crippen molar-refractivity contribution in [3.63, 3.8) is 0 Å². The number of amides is 2. The lowest BCUT2D eigenvalue weighted by molar-refractivity contribution is 0.259. The molecule has 2 aromatic rings. The van der Waals surface area contributed by atoms with E-state index in [0.717, 1.165) is 24.2 Å². The van der Waals surface area contributed by atoms with E-state index in [1.165, 1.54) is 0 Å². The Morgan fingerprint density at radius 1 is 1.56 bits per heavy atom. The second-order valence-electron chi connectivity index (χ2n) is 3.92. The molecule has 1 fully saturated rings. The number of urea groups is 1. The van der Waals surface area contributed by atoms with E-state index in [9.17, 15) is 4.79 Å². The normalized spacial score (nSPS) is 15.2. The summed E-state index contributed by atoms with van der Waals surface area (Å²) in [4.78, 5) is 15.1. The van der Waals surface area contributed by atoms with Gasteiger partial charge >= 0.3 is 6.03 Å². The number of carbonyl (C=O) groups excluding carboxylic acids is 1. The minimum atomic E-state index is -0.574. The second-order valence-corrected chi connectivity index (χ2v) is 3.92. The van der Waals surface area contributed by atoms with Gasteiger partial charge in [0.1, 0.15) is 0 Å². The van der Waals surface area contributed by atoms with E-state index < -0.39 is 6.03 Å². The van der Waals surface area contributed by atoms with E-state index in [4.69, 9.17) is 5.73 Å². The highest BCUT2D eigenvalue weighted by molar-refractivity contribution is 5.88. The van der Waals surface area contributed by atoms with Gasteiger partial charge in [-0.05, 0) is 12.8 Å². The number of nitrogens with one attached hydrogen (secondary N) is 1. The first-order valence-electron chi connectivity index (χ1n) is 5.15. The fourth-order valence-corrected chi connectivity index (χ4v) is 1.87. The predicted molar refractivity (Wildman–Crippen MR) is 58.2 cm³/mol. The molecule has 0 bridgehead atoms. The highest BCUT2D eigenvalue weighted by Crippen LogP contribution is 2.42. The molecular weight excluding hydrogens is 206 g/mol. The Kier molecular flexibility index (Phi) is 1.82. The van der Waals surface area contributed by atoms with Crippen LogP contribution in [0, 0.1) is 0 Å². The summed E-state index contributed by atoms with van der Waals surface area (Å²) in [5.74, 6) is 0.451. The third-order valence-electron chi connectivity index (χ3n) is 2.67. The predicted octanol–water partition coefficient (Wildman–Crippen LogP) is 1.10. The van der Waals surface area contributed by atoms with Crippen molar-refractivity contribution in [2.75, 3.05) is 5.32 Å². The maximum absolute atomic E-state index is 10.9. The lowest BCUT2D eigenvalue weighted by Gasteiger charge is -2.09. The van der Waals surface area contributed by atoms with Crippen LogP contribution in [-0.2, 0) is 0 Å². The molecule has 0 atom stereocenters. The Morgan fingerprint density at radius 3 is 3.06 bits per heavy atom. The summed E-state index contributed by atoms with van der Waals surface area (Å²) in [5, 5.41) is 6.80. The molecule has 0 unspecified atom stereocenters. The molecule has 3 rings (SSSR count). The van der Waals surface area contributed by atoms with Crippen molar-refractivity contribution in [3.8, 4) is 0 Å². The van der Waals surface area contributed by atoms with Gasteiger partial charge in [0, 0.05) is 12.0 Å². The average molecular weight is 217 g/mol. The van der Waals surface area contributed by atoms with E-state index >= 15 is 0 Å². The maximum atomic E-state index is 10.9. The van der Waals surface area contributed by atoms with Crippen LogP contribution in [0.4, 0.5) is 10.5 Å². The Bertz CT molecular complexity index is 557. The molecule has 0 spiro atoms. The molecule has 0 aromatic carbocycles. The van der Waals surface area contributed by atoms with Crippen molar-refractivity contribution in [1.82, 2.24) is 14.6 Å². The molecule has 6 nitrogen and oxygen atoms in total. The lowest BCUT2D eigenvalue weighted by atomic mass is 10.2. The van der Waals surface area contributed by atoms with Crippen LogP contribution in [0.5, 0.6) is 0 Å². The minimum Gasteiger partial charge on any atom is -0.351 e. The number of primary amides is 1. The van der Waals surface area contributed by atoms with Gasteiger partial charge in [-0.25, -0.2) is 14.3 Å². The van der Waals surface area contributed by atoms with Gasteiger partial charge in [0.15, 0.2) is 5.65 Å². The second kappa shape index (κ2) is 3.19. The van der Waals surface area contributed by atoms with E-state index in [-0.39, 0.29) is 0 Å². The zero-order valence-electron chi connectivity index (χ0n) is 8.55. The van der Waals surface area contributed by atoms with Crippen molar-refractivity contribution >= 4 is 17.4 Å². The average Bonchev–Trinajstić information content (AvgIpc) is 2.94. The van der Waals surface area contributed by atoms with E-state index in [1.807, 2.05) is 6.07 Å². The fraction of sp³-hybridized carbons (Fsp3) is 0.300. The number of aromatic nitrogens is 3. The summed E-state index contributed by atoms with van der Waals surface area (Å²) in [6.45, 7) is 0. The summed E-state index contributed by atoms with van der Waals surface area (Å²) in [6.07, 6.45) is 5.57.